The molecule has 2 aliphatic heterocycles. The lowest BCUT2D eigenvalue weighted by atomic mass is 10.1. The minimum atomic E-state index is -0.529. The van der Waals surface area contributed by atoms with E-state index in [0.29, 0.717) is 36.5 Å². The summed E-state index contributed by atoms with van der Waals surface area (Å²) in [6, 6.07) is 2.84. The van der Waals surface area contributed by atoms with Gasteiger partial charge in [-0.3, -0.25) is 0 Å². The van der Waals surface area contributed by atoms with E-state index >= 15 is 0 Å². The molecule has 174 valence electrons. The van der Waals surface area contributed by atoms with Crippen LogP contribution in [-0.2, 0) is 6.42 Å². The number of fused-ring (bicyclic) bond motifs is 1. The summed E-state index contributed by atoms with van der Waals surface area (Å²) in [6.45, 7) is 5.98. The topological polar surface area (TPSA) is 80.4 Å². The highest BCUT2D eigenvalue weighted by molar-refractivity contribution is 9.10. The Morgan fingerprint density at radius 3 is 2.64 bits per heavy atom. The SMILES string of the molecule is CC(C)c1noc(N2CCC(Oc3ncnc4c3CCN4c3cc(F)c(Br)cc3F)CC2)n1. The summed E-state index contributed by atoms with van der Waals surface area (Å²) in [5, 5.41) is 4.03. The molecule has 0 amide bonds. The lowest BCUT2D eigenvalue weighted by molar-refractivity contribution is 0.160. The molecule has 0 N–H and O–H groups in total. The Hall–Kier alpha value is -2.82. The first-order valence-electron chi connectivity index (χ1n) is 10.9. The van der Waals surface area contributed by atoms with E-state index in [4.69, 9.17) is 9.26 Å². The zero-order valence-electron chi connectivity index (χ0n) is 18.3. The Kier molecular flexibility index (Phi) is 5.90. The molecule has 1 fully saturated rings. The van der Waals surface area contributed by atoms with Gasteiger partial charge >= 0.3 is 6.01 Å². The second-order valence-corrected chi connectivity index (χ2v) is 9.35. The van der Waals surface area contributed by atoms with E-state index < -0.39 is 11.6 Å². The number of hydrogen-bond donors (Lipinski definition) is 0. The van der Waals surface area contributed by atoms with Crippen molar-refractivity contribution in [1.82, 2.24) is 20.1 Å². The molecular weight excluding hydrogens is 498 g/mol. The fourth-order valence-electron chi connectivity index (χ4n) is 4.14. The number of anilines is 3. The Bertz CT molecular complexity index is 1170. The van der Waals surface area contributed by atoms with Gasteiger partial charge < -0.3 is 19.1 Å². The molecule has 5 rings (SSSR count). The molecule has 0 atom stereocenters. The number of hydrogen-bond acceptors (Lipinski definition) is 8. The van der Waals surface area contributed by atoms with Crippen LogP contribution < -0.4 is 14.5 Å². The predicted molar refractivity (Wildman–Crippen MR) is 121 cm³/mol. The highest BCUT2D eigenvalue weighted by Crippen LogP contribution is 2.39. The molecule has 8 nitrogen and oxygen atoms in total. The van der Waals surface area contributed by atoms with Gasteiger partial charge in [-0.1, -0.05) is 19.0 Å². The van der Waals surface area contributed by atoms with E-state index in [0.717, 1.165) is 37.6 Å². The Morgan fingerprint density at radius 1 is 1.12 bits per heavy atom. The summed E-state index contributed by atoms with van der Waals surface area (Å²) < 4.78 is 40.3. The quantitative estimate of drug-likeness (QED) is 0.445. The summed E-state index contributed by atoms with van der Waals surface area (Å²) in [6.07, 6.45) is 3.51. The number of halogens is 3. The number of ether oxygens (including phenoxy) is 1. The van der Waals surface area contributed by atoms with Crippen molar-refractivity contribution in [2.24, 2.45) is 0 Å². The number of benzene rings is 1. The maximum absolute atomic E-state index is 14.5. The van der Waals surface area contributed by atoms with E-state index in [2.05, 4.69) is 40.9 Å². The minimum absolute atomic E-state index is 0.0244. The monoisotopic (exact) mass is 520 g/mol. The van der Waals surface area contributed by atoms with Crippen LogP contribution in [-0.4, -0.2) is 45.8 Å². The Balaban J connectivity index is 1.28. The van der Waals surface area contributed by atoms with Crippen LogP contribution >= 0.6 is 15.9 Å². The summed E-state index contributed by atoms with van der Waals surface area (Å²) >= 11 is 3.02. The molecule has 33 heavy (non-hydrogen) atoms. The van der Waals surface area contributed by atoms with E-state index in [1.807, 2.05) is 13.8 Å². The third kappa shape index (κ3) is 4.25. The molecule has 1 aromatic carbocycles. The second-order valence-electron chi connectivity index (χ2n) is 8.49. The van der Waals surface area contributed by atoms with Gasteiger partial charge in [-0.25, -0.2) is 18.7 Å². The third-order valence-electron chi connectivity index (χ3n) is 5.94. The van der Waals surface area contributed by atoms with Gasteiger partial charge in [-0.2, -0.15) is 4.98 Å². The summed E-state index contributed by atoms with van der Waals surface area (Å²) in [5.41, 5.74) is 0.953. The largest absolute Gasteiger partial charge is 0.474 e. The smallest absolute Gasteiger partial charge is 0.324 e. The normalized spacial score (nSPS) is 16.5. The molecule has 2 aromatic heterocycles. The lowest BCUT2D eigenvalue weighted by Crippen LogP contribution is -2.38. The first-order chi connectivity index (χ1) is 15.9. The zero-order chi connectivity index (χ0) is 23.1. The zero-order valence-corrected chi connectivity index (χ0v) is 19.8. The maximum atomic E-state index is 14.5. The van der Waals surface area contributed by atoms with Crippen LogP contribution in [0.2, 0.25) is 0 Å². The van der Waals surface area contributed by atoms with Crippen LogP contribution in [0.4, 0.5) is 26.3 Å². The Labute approximate surface area is 198 Å². The van der Waals surface area contributed by atoms with Crippen molar-refractivity contribution >= 4 is 33.4 Å². The van der Waals surface area contributed by atoms with Gasteiger partial charge in [0.1, 0.15) is 29.9 Å². The van der Waals surface area contributed by atoms with Gasteiger partial charge in [-0.15, -0.1) is 0 Å². The van der Waals surface area contributed by atoms with E-state index in [1.165, 1.54) is 12.4 Å². The molecule has 0 spiro atoms. The maximum Gasteiger partial charge on any atom is 0.324 e. The van der Waals surface area contributed by atoms with Gasteiger partial charge in [-0.05, 0) is 28.4 Å². The molecule has 0 unspecified atom stereocenters. The van der Waals surface area contributed by atoms with Gasteiger partial charge in [0.15, 0.2) is 5.82 Å². The lowest BCUT2D eigenvalue weighted by Gasteiger charge is -2.30. The highest BCUT2D eigenvalue weighted by atomic mass is 79.9. The van der Waals surface area contributed by atoms with Crippen LogP contribution in [0.25, 0.3) is 0 Å². The molecule has 2 aliphatic rings. The van der Waals surface area contributed by atoms with Crippen molar-refractivity contribution in [1.29, 1.82) is 0 Å². The van der Waals surface area contributed by atoms with Crippen LogP contribution in [0.1, 0.15) is 44.0 Å². The molecule has 0 radical (unpaired) electrons. The van der Waals surface area contributed by atoms with Crippen molar-refractivity contribution in [3.05, 3.63) is 46.0 Å². The van der Waals surface area contributed by atoms with Crippen molar-refractivity contribution in [3.63, 3.8) is 0 Å². The van der Waals surface area contributed by atoms with Crippen LogP contribution in [0, 0.1) is 11.6 Å². The minimum Gasteiger partial charge on any atom is -0.474 e. The number of nitrogens with zero attached hydrogens (tertiary/aromatic N) is 6. The second kappa shape index (κ2) is 8.85. The molecule has 1 saturated heterocycles. The van der Waals surface area contributed by atoms with Crippen LogP contribution in [0.3, 0.4) is 0 Å². The van der Waals surface area contributed by atoms with Crippen molar-refractivity contribution in [2.45, 2.75) is 45.1 Å². The molecule has 0 saturated carbocycles. The van der Waals surface area contributed by atoms with Gasteiger partial charge in [0.2, 0.25) is 5.88 Å². The number of rotatable bonds is 5. The van der Waals surface area contributed by atoms with E-state index in [-0.39, 0.29) is 22.2 Å². The van der Waals surface area contributed by atoms with Gasteiger partial charge in [0, 0.05) is 44.5 Å². The predicted octanol–water partition coefficient (Wildman–Crippen LogP) is 4.77. The van der Waals surface area contributed by atoms with E-state index in [9.17, 15) is 8.78 Å². The Morgan fingerprint density at radius 2 is 1.91 bits per heavy atom. The molecule has 11 heteroatoms. The fraction of sp³-hybridized carbons (Fsp3) is 0.455. The standard InChI is InChI=1S/C22H23BrF2N6O2/c1-12(2)19-28-22(33-29-19)30-6-3-13(4-7-30)32-21-14-5-8-31(20(14)26-11-27-21)18-10-16(24)15(23)9-17(18)25/h9-13H,3-8H2,1-2H3. The molecule has 0 bridgehead atoms. The fourth-order valence-corrected chi connectivity index (χ4v) is 4.45. The van der Waals surface area contributed by atoms with Gasteiger partial charge in [0.25, 0.3) is 0 Å². The summed E-state index contributed by atoms with van der Waals surface area (Å²) in [4.78, 5) is 16.9. The third-order valence-corrected chi connectivity index (χ3v) is 6.55. The first-order valence-corrected chi connectivity index (χ1v) is 11.7. The summed E-state index contributed by atoms with van der Waals surface area (Å²) in [7, 11) is 0. The van der Waals surface area contributed by atoms with Crippen molar-refractivity contribution in [2.75, 3.05) is 29.4 Å². The van der Waals surface area contributed by atoms with Crippen LogP contribution in [0.5, 0.6) is 5.88 Å². The summed E-state index contributed by atoms with van der Waals surface area (Å²) in [5.74, 6) is 0.908. The average molecular weight is 521 g/mol. The van der Waals surface area contributed by atoms with E-state index in [1.54, 1.807) is 4.90 Å². The first kappa shape index (κ1) is 22.0. The molecule has 0 aliphatic carbocycles. The van der Waals surface area contributed by atoms with Crippen molar-refractivity contribution < 1.29 is 18.0 Å². The molecular formula is C22H23BrF2N6O2. The molecule has 4 heterocycles. The highest BCUT2D eigenvalue weighted by Gasteiger charge is 2.31. The molecule has 3 aromatic rings. The van der Waals surface area contributed by atoms with Gasteiger partial charge in [0.05, 0.1) is 15.7 Å². The average Bonchev–Trinajstić information content (AvgIpc) is 3.45. The number of aromatic nitrogens is 4. The van der Waals surface area contributed by atoms with Crippen LogP contribution in [0.15, 0.2) is 27.5 Å². The van der Waals surface area contributed by atoms with Crippen molar-refractivity contribution in [3.8, 4) is 5.88 Å². The number of piperidine rings is 1.